The Bertz CT molecular complexity index is 567. The van der Waals surface area contributed by atoms with Crippen molar-refractivity contribution in [2.75, 3.05) is 19.7 Å². The first kappa shape index (κ1) is 16.0. The van der Waals surface area contributed by atoms with E-state index in [0.717, 1.165) is 48.8 Å². The van der Waals surface area contributed by atoms with Crippen molar-refractivity contribution >= 4 is 10.9 Å². The van der Waals surface area contributed by atoms with Gasteiger partial charge in [0.05, 0.1) is 6.61 Å². The van der Waals surface area contributed by atoms with Gasteiger partial charge in [-0.3, -0.25) is 4.90 Å². The summed E-state index contributed by atoms with van der Waals surface area (Å²) < 4.78 is 13.3. The van der Waals surface area contributed by atoms with E-state index in [0.29, 0.717) is 6.04 Å². The molecule has 0 saturated carbocycles. The molecule has 2 N–H and O–H groups in total. The molecule has 1 fully saturated rings. The lowest BCUT2D eigenvalue weighted by Crippen LogP contribution is -2.33. The number of aliphatic hydroxyl groups excluding tert-OH is 1. The van der Waals surface area contributed by atoms with Gasteiger partial charge in [0, 0.05) is 29.7 Å². The Balaban J connectivity index is 0.000000774. The molecule has 0 aliphatic carbocycles. The summed E-state index contributed by atoms with van der Waals surface area (Å²) in [7, 11) is 0. The number of rotatable bonds is 4. The number of hydrogen-bond acceptors (Lipinski definition) is 2. The monoisotopic (exact) mass is 292 g/mol. The van der Waals surface area contributed by atoms with Crippen LogP contribution in [0.25, 0.3) is 10.9 Å². The highest BCUT2D eigenvalue weighted by Gasteiger charge is 2.23. The normalized spacial score (nSPS) is 18.8. The second kappa shape index (κ2) is 7.57. The average Bonchev–Trinajstić information content (AvgIpc) is 3.13. The van der Waals surface area contributed by atoms with Gasteiger partial charge in [-0.1, -0.05) is 13.8 Å². The summed E-state index contributed by atoms with van der Waals surface area (Å²) in [4.78, 5) is 5.51. The van der Waals surface area contributed by atoms with Crippen LogP contribution in [0.3, 0.4) is 0 Å². The van der Waals surface area contributed by atoms with E-state index in [2.05, 4.69) is 9.88 Å². The molecule has 1 saturated heterocycles. The fraction of sp³-hybridized carbons (Fsp3) is 0.529. The molecule has 0 radical (unpaired) electrons. The van der Waals surface area contributed by atoms with Crippen LogP contribution in [0, 0.1) is 5.82 Å². The predicted octanol–water partition coefficient (Wildman–Crippen LogP) is 3.33. The highest BCUT2D eigenvalue weighted by atomic mass is 19.1. The molecule has 1 aliphatic rings. The van der Waals surface area contributed by atoms with E-state index in [1.165, 1.54) is 6.07 Å². The molecule has 0 bridgehead atoms. The van der Waals surface area contributed by atoms with Gasteiger partial charge >= 0.3 is 0 Å². The van der Waals surface area contributed by atoms with E-state index < -0.39 is 0 Å². The first-order chi connectivity index (χ1) is 10.3. The molecule has 0 amide bonds. The molecule has 3 rings (SSSR count). The maximum Gasteiger partial charge on any atom is 0.123 e. The summed E-state index contributed by atoms with van der Waals surface area (Å²) in [6.45, 7) is 6.22. The van der Waals surface area contributed by atoms with Gasteiger partial charge in [0.2, 0.25) is 0 Å². The number of aromatic amines is 1. The Morgan fingerprint density at radius 1 is 1.38 bits per heavy atom. The van der Waals surface area contributed by atoms with Crippen molar-refractivity contribution in [3.05, 3.63) is 35.8 Å². The number of nitrogens with zero attached hydrogens (tertiary/aromatic N) is 1. The van der Waals surface area contributed by atoms with Gasteiger partial charge in [-0.15, -0.1) is 0 Å². The minimum Gasteiger partial charge on any atom is -0.395 e. The summed E-state index contributed by atoms with van der Waals surface area (Å²) >= 11 is 0. The van der Waals surface area contributed by atoms with E-state index in [-0.39, 0.29) is 12.4 Å². The number of H-pyrrole nitrogens is 1. The van der Waals surface area contributed by atoms with Gasteiger partial charge in [0.25, 0.3) is 0 Å². The van der Waals surface area contributed by atoms with Crippen molar-refractivity contribution in [3.8, 4) is 0 Å². The Hall–Kier alpha value is -1.39. The number of benzene rings is 1. The van der Waals surface area contributed by atoms with Crippen molar-refractivity contribution in [1.82, 2.24) is 9.88 Å². The van der Waals surface area contributed by atoms with Crippen LogP contribution in [0.2, 0.25) is 0 Å². The zero-order valence-corrected chi connectivity index (χ0v) is 12.9. The summed E-state index contributed by atoms with van der Waals surface area (Å²) in [5.74, 6) is -0.192. The maximum atomic E-state index is 13.3. The van der Waals surface area contributed by atoms with E-state index in [9.17, 15) is 9.50 Å². The van der Waals surface area contributed by atoms with E-state index in [4.69, 9.17) is 0 Å². The van der Waals surface area contributed by atoms with Crippen molar-refractivity contribution in [2.24, 2.45) is 0 Å². The van der Waals surface area contributed by atoms with E-state index in [1.54, 1.807) is 12.1 Å². The lowest BCUT2D eigenvalue weighted by Gasteiger charge is -2.22. The van der Waals surface area contributed by atoms with Gasteiger partial charge < -0.3 is 10.1 Å². The number of halogens is 1. The topological polar surface area (TPSA) is 39.3 Å². The molecule has 4 heteroatoms. The van der Waals surface area contributed by atoms with Crippen molar-refractivity contribution < 1.29 is 9.50 Å². The summed E-state index contributed by atoms with van der Waals surface area (Å²) in [6, 6.07) is 5.15. The minimum absolute atomic E-state index is 0.192. The van der Waals surface area contributed by atoms with Crippen LogP contribution in [0.4, 0.5) is 4.39 Å². The number of nitrogens with one attached hydrogen (secondary N) is 1. The third-order valence-corrected chi connectivity index (χ3v) is 4.11. The molecule has 1 aliphatic heterocycles. The fourth-order valence-corrected chi connectivity index (χ4v) is 3.02. The predicted molar refractivity (Wildman–Crippen MR) is 85.0 cm³/mol. The third kappa shape index (κ3) is 3.63. The molecular formula is C17H25FN2O. The van der Waals surface area contributed by atoms with Gasteiger partial charge in [-0.05, 0) is 49.6 Å². The second-order valence-electron chi connectivity index (χ2n) is 5.27. The summed E-state index contributed by atoms with van der Waals surface area (Å²) in [5, 5.41) is 10.3. The Kier molecular flexibility index (Phi) is 5.76. The molecule has 1 aromatic carbocycles. The number of likely N-dealkylation sites (tertiary alicyclic amines) is 1. The second-order valence-corrected chi connectivity index (χ2v) is 5.27. The first-order valence-corrected chi connectivity index (χ1v) is 7.88. The summed E-state index contributed by atoms with van der Waals surface area (Å²) in [6.07, 6.45) is 5.10. The lowest BCUT2D eigenvalue weighted by molar-refractivity contribution is 0.160. The van der Waals surface area contributed by atoms with Crippen LogP contribution in [0.1, 0.15) is 32.3 Å². The van der Waals surface area contributed by atoms with E-state index in [1.807, 2.05) is 20.0 Å². The minimum atomic E-state index is -0.192. The van der Waals surface area contributed by atoms with Crippen molar-refractivity contribution in [1.29, 1.82) is 0 Å². The Labute approximate surface area is 125 Å². The number of fused-ring (bicyclic) bond motifs is 1. The molecule has 0 spiro atoms. The van der Waals surface area contributed by atoms with Gasteiger partial charge in [0.1, 0.15) is 5.82 Å². The largest absolute Gasteiger partial charge is 0.395 e. The smallest absolute Gasteiger partial charge is 0.123 e. The standard InChI is InChI=1S/C15H19FN2O.C2H6/c16-12-3-4-15-14(8-12)11(9-17-15)5-7-18-6-1-2-13(18)10-19;1-2/h3-4,8-9,13,17,19H,1-2,5-7,10H2;1-2H3. The van der Waals surface area contributed by atoms with Crippen LogP contribution in [-0.4, -0.2) is 40.7 Å². The molecule has 1 atom stereocenters. The Morgan fingerprint density at radius 3 is 2.95 bits per heavy atom. The molecular weight excluding hydrogens is 267 g/mol. The number of aliphatic hydroxyl groups is 1. The molecule has 116 valence electrons. The highest BCUT2D eigenvalue weighted by Crippen LogP contribution is 2.22. The number of aromatic nitrogens is 1. The third-order valence-electron chi connectivity index (χ3n) is 4.11. The maximum absolute atomic E-state index is 13.3. The average molecular weight is 292 g/mol. The van der Waals surface area contributed by atoms with Gasteiger partial charge in [-0.25, -0.2) is 4.39 Å². The molecule has 2 aromatic rings. The van der Waals surface area contributed by atoms with Crippen LogP contribution in [-0.2, 0) is 6.42 Å². The lowest BCUT2D eigenvalue weighted by atomic mass is 10.1. The molecule has 3 nitrogen and oxygen atoms in total. The van der Waals surface area contributed by atoms with E-state index >= 15 is 0 Å². The first-order valence-electron chi connectivity index (χ1n) is 7.88. The fourth-order valence-electron chi connectivity index (χ4n) is 3.02. The zero-order chi connectivity index (χ0) is 15.2. The SMILES string of the molecule is CC.OCC1CCCN1CCc1c[nH]c2ccc(F)cc12. The highest BCUT2D eigenvalue weighted by molar-refractivity contribution is 5.83. The molecule has 21 heavy (non-hydrogen) atoms. The Morgan fingerprint density at radius 2 is 2.19 bits per heavy atom. The zero-order valence-electron chi connectivity index (χ0n) is 12.9. The van der Waals surface area contributed by atoms with Crippen LogP contribution >= 0.6 is 0 Å². The van der Waals surface area contributed by atoms with Crippen molar-refractivity contribution in [2.45, 2.75) is 39.2 Å². The summed E-state index contributed by atoms with van der Waals surface area (Å²) in [5.41, 5.74) is 2.13. The number of hydrogen-bond donors (Lipinski definition) is 2. The molecule has 1 aromatic heterocycles. The molecule has 2 heterocycles. The van der Waals surface area contributed by atoms with Crippen LogP contribution < -0.4 is 0 Å². The quantitative estimate of drug-likeness (QED) is 0.907. The van der Waals surface area contributed by atoms with Crippen LogP contribution in [0.5, 0.6) is 0 Å². The van der Waals surface area contributed by atoms with Gasteiger partial charge in [0.15, 0.2) is 0 Å². The molecule has 1 unspecified atom stereocenters. The van der Waals surface area contributed by atoms with Crippen molar-refractivity contribution in [3.63, 3.8) is 0 Å². The van der Waals surface area contributed by atoms with Crippen LogP contribution in [0.15, 0.2) is 24.4 Å². The van der Waals surface area contributed by atoms with Gasteiger partial charge in [-0.2, -0.15) is 0 Å².